The molecule has 2 N–H and O–H groups in total. The number of ether oxygens (including phenoxy) is 2. The highest BCUT2D eigenvalue weighted by Crippen LogP contribution is 2.46. The summed E-state index contributed by atoms with van der Waals surface area (Å²) in [6, 6.07) is 19.4. The first-order chi connectivity index (χ1) is 16.7. The Bertz CT molecular complexity index is 1030. The maximum absolute atomic E-state index is 12.9. The van der Waals surface area contributed by atoms with Gasteiger partial charge in [-0.3, -0.25) is 0 Å². The van der Waals surface area contributed by atoms with Crippen LogP contribution < -0.4 is 10.6 Å². The highest BCUT2D eigenvalue weighted by molar-refractivity contribution is 5.69. The standard InChI is InChI=1S/C30H42N2O4/c1-27(2)18-24(32-26(34)36-29(5,6)23-16-12-9-13-17-23)19-30(7,20-27)21-31-25(33)35-28(3,4)22-14-10-8-11-15-22/h8-17,24H,18-21H2,1-7H3,(H,31,33)(H,32,34). The summed E-state index contributed by atoms with van der Waals surface area (Å²) in [5.41, 5.74) is 0.188. The Morgan fingerprint density at radius 1 is 0.806 bits per heavy atom. The lowest BCUT2D eigenvalue weighted by Gasteiger charge is -2.47. The van der Waals surface area contributed by atoms with Crippen LogP contribution in [0.25, 0.3) is 0 Å². The molecule has 1 saturated carbocycles. The minimum atomic E-state index is -0.740. The molecule has 0 aliphatic heterocycles. The number of amides is 2. The van der Waals surface area contributed by atoms with Crippen LogP contribution in [0.5, 0.6) is 0 Å². The van der Waals surface area contributed by atoms with E-state index in [-0.39, 0.29) is 16.9 Å². The molecule has 196 valence electrons. The summed E-state index contributed by atoms with van der Waals surface area (Å²) in [7, 11) is 0. The van der Waals surface area contributed by atoms with Crippen LogP contribution in [0.15, 0.2) is 60.7 Å². The molecule has 2 aromatic carbocycles. The van der Waals surface area contributed by atoms with E-state index in [0.717, 1.165) is 30.4 Å². The number of benzene rings is 2. The van der Waals surface area contributed by atoms with Crippen LogP contribution in [0.3, 0.4) is 0 Å². The van der Waals surface area contributed by atoms with Crippen LogP contribution in [-0.4, -0.2) is 24.8 Å². The Morgan fingerprint density at radius 2 is 1.28 bits per heavy atom. The molecule has 2 amide bonds. The van der Waals surface area contributed by atoms with Crippen LogP contribution in [0.1, 0.15) is 78.9 Å². The van der Waals surface area contributed by atoms with E-state index in [1.54, 1.807) is 0 Å². The third kappa shape index (κ3) is 7.49. The molecule has 0 aromatic heterocycles. The molecule has 2 aromatic rings. The summed E-state index contributed by atoms with van der Waals surface area (Å²) in [6.07, 6.45) is 1.63. The first-order valence-corrected chi connectivity index (χ1v) is 12.8. The molecule has 1 aliphatic rings. The largest absolute Gasteiger partial charge is 0.439 e. The van der Waals surface area contributed by atoms with Crippen molar-refractivity contribution >= 4 is 12.2 Å². The van der Waals surface area contributed by atoms with Crippen molar-refractivity contribution in [1.82, 2.24) is 10.6 Å². The van der Waals surface area contributed by atoms with Gasteiger partial charge in [-0.1, -0.05) is 81.4 Å². The maximum atomic E-state index is 12.9. The first kappa shape index (κ1) is 27.6. The minimum Gasteiger partial charge on any atom is -0.439 e. The zero-order valence-corrected chi connectivity index (χ0v) is 22.8. The molecule has 0 saturated heterocycles. The molecule has 2 atom stereocenters. The molecule has 6 nitrogen and oxygen atoms in total. The summed E-state index contributed by atoms with van der Waals surface area (Å²) in [5, 5.41) is 6.08. The highest BCUT2D eigenvalue weighted by atomic mass is 16.6. The Morgan fingerprint density at radius 3 is 1.78 bits per heavy atom. The van der Waals surface area contributed by atoms with Gasteiger partial charge >= 0.3 is 12.2 Å². The van der Waals surface area contributed by atoms with Crippen molar-refractivity contribution in [2.24, 2.45) is 10.8 Å². The summed E-state index contributed by atoms with van der Waals surface area (Å²) >= 11 is 0. The lowest BCUT2D eigenvalue weighted by atomic mass is 9.62. The third-order valence-corrected chi connectivity index (χ3v) is 7.06. The van der Waals surface area contributed by atoms with Crippen LogP contribution in [0.4, 0.5) is 9.59 Å². The lowest BCUT2D eigenvalue weighted by Crippen LogP contribution is -2.51. The lowest BCUT2D eigenvalue weighted by molar-refractivity contribution is 0.0176. The van der Waals surface area contributed by atoms with Crippen LogP contribution in [0.2, 0.25) is 0 Å². The number of hydrogen-bond donors (Lipinski definition) is 2. The molecule has 0 heterocycles. The summed E-state index contributed by atoms with van der Waals surface area (Å²) in [5.74, 6) is 0. The van der Waals surface area contributed by atoms with Gasteiger partial charge in [0.05, 0.1) is 0 Å². The second-order valence-corrected chi connectivity index (χ2v) is 12.3. The zero-order valence-electron chi connectivity index (χ0n) is 22.8. The van der Waals surface area contributed by atoms with Gasteiger partial charge in [-0.05, 0) is 68.9 Å². The molecule has 0 radical (unpaired) electrons. The van der Waals surface area contributed by atoms with E-state index in [2.05, 4.69) is 31.4 Å². The second-order valence-electron chi connectivity index (χ2n) is 12.3. The second kappa shape index (κ2) is 10.5. The van der Waals surface area contributed by atoms with Crippen molar-refractivity contribution in [2.45, 2.75) is 85.0 Å². The molecular weight excluding hydrogens is 452 g/mol. The number of carbonyl (C=O) groups is 2. The Labute approximate surface area is 216 Å². The van der Waals surface area contributed by atoms with Gasteiger partial charge in [-0.15, -0.1) is 0 Å². The normalized spacial score (nSPS) is 21.8. The molecule has 2 unspecified atom stereocenters. The summed E-state index contributed by atoms with van der Waals surface area (Å²) < 4.78 is 11.6. The molecule has 0 spiro atoms. The Kier molecular flexibility index (Phi) is 8.07. The smallest absolute Gasteiger partial charge is 0.408 e. The molecule has 1 aliphatic carbocycles. The molecule has 3 rings (SSSR count). The van der Waals surface area contributed by atoms with Crippen molar-refractivity contribution in [3.8, 4) is 0 Å². The fourth-order valence-electron chi connectivity index (χ4n) is 5.65. The van der Waals surface area contributed by atoms with Crippen molar-refractivity contribution in [2.75, 3.05) is 6.54 Å². The minimum absolute atomic E-state index is 0.00517. The summed E-state index contributed by atoms with van der Waals surface area (Å²) in [4.78, 5) is 25.6. The van der Waals surface area contributed by atoms with Gasteiger partial charge in [-0.2, -0.15) is 0 Å². The van der Waals surface area contributed by atoms with Crippen molar-refractivity contribution < 1.29 is 19.1 Å². The van der Waals surface area contributed by atoms with Gasteiger partial charge in [0.15, 0.2) is 0 Å². The van der Waals surface area contributed by atoms with Crippen molar-refractivity contribution in [3.05, 3.63) is 71.8 Å². The van der Waals surface area contributed by atoms with E-state index in [1.165, 1.54) is 0 Å². The van der Waals surface area contributed by atoms with E-state index in [9.17, 15) is 9.59 Å². The summed E-state index contributed by atoms with van der Waals surface area (Å²) in [6.45, 7) is 14.6. The van der Waals surface area contributed by atoms with Gasteiger partial charge in [0.1, 0.15) is 11.2 Å². The molecule has 6 heteroatoms. The van der Waals surface area contributed by atoms with Crippen molar-refractivity contribution in [3.63, 3.8) is 0 Å². The van der Waals surface area contributed by atoms with Gasteiger partial charge in [-0.25, -0.2) is 9.59 Å². The number of rotatable bonds is 7. The van der Waals surface area contributed by atoms with E-state index in [0.29, 0.717) is 6.54 Å². The van der Waals surface area contributed by atoms with Crippen LogP contribution in [-0.2, 0) is 20.7 Å². The first-order valence-electron chi connectivity index (χ1n) is 12.8. The number of nitrogens with one attached hydrogen (secondary N) is 2. The maximum Gasteiger partial charge on any atom is 0.408 e. The van der Waals surface area contributed by atoms with Gasteiger partial charge in [0, 0.05) is 12.6 Å². The molecule has 36 heavy (non-hydrogen) atoms. The Balaban J connectivity index is 1.59. The van der Waals surface area contributed by atoms with E-state index < -0.39 is 23.4 Å². The molecule has 0 bridgehead atoms. The highest BCUT2D eigenvalue weighted by Gasteiger charge is 2.42. The molecule has 1 fully saturated rings. The predicted octanol–water partition coefficient (Wildman–Crippen LogP) is 6.89. The van der Waals surface area contributed by atoms with Crippen LogP contribution in [0, 0.1) is 10.8 Å². The van der Waals surface area contributed by atoms with Gasteiger partial charge in [0.2, 0.25) is 0 Å². The Hall–Kier alpha value is -3.02. The predicted molar refractivity (Wildman–Crippen MR) is 143 cm³/mol. The topological polar surface area (TPSA) is 76.7 Å². The van der Waals surface area contributed by atoms with Gasteiger partial charge < -0.3 is 20.1 Å². The van der Waals surface area contributed by atoms with E-state index in [1.807, 2.05) is 88.4 Å². The SMILES string of the molecule is CC1(C)CC(NC(=O)OC(C)(C)c2ccccc2)CC(C)(CNC(=O)OC(C)(C)c2ccccc2)C1. The van der Waals surface area contributed by atoms with Crippen LogP contribution >= 0.6 is 0 Å². The zero-order chi connectivity index (χ0) is 26.6. The van der Waals surface area contributed by atoms with E-state index >= 15 is 0 Å². The monoisotopic (exact) mass is 494 g/mol. The number of carbonyl (C=O) groups excluding carboxylic acids is 2. The quantitative estimate of drug-likeness (QED) is 0.439. The average molecular weight is 495 g/mol. The third-order valence-electron chi connectivity index (χ3n) is 7.06. The average Bonchev–Trinajstić information content (AvgIpc) is 2.77. The van der Waals surface area contributed by atoms with Crippen molar-refractivity contribution in [1.29, 1.82) is 0 Å². The fourth-order valence-corrected chi connectivity index (χ4v) is 5.65. The fraction of sp³-hybridized carbons (Fsp3) is 0.533. The number of hydrogen-bond acceptors (Lipinski definition) is 4. The van der Waals surface area contributed by atoms with Gasteiger partial charge in [0.25, 0.3) is 0 Å². The van der Waals surface area contributed by atoms with E-state index in [4.69, 9.17) is 9.47 Å². The number of alkyl carbamates (subject to hydrolysis) is 2. The molecular formula is C30H42N2O4.